The summed E-state index contributed by atoms with van der Waals surface area (Å²) in [6, 6.07) is 9.03. The van der Waals surface area contributed by atoms with Gasteiger partial charge in [-0.2, -0.15) is 0 Å². The van der Waals surface area contributed by atoms with Crippen LogP contribution < -0.4 is 5.73 Å². The molecule has 1 atom stereocenters. The molecule has 5 heteroatoms. The number of carbonyl (C=O) groups excluding carboxylic acids is 1. The maximum Gasteiger partial charge on any atom is 0.255 e. The van der Waals surface area contributed by atoms with E-state index in [0.717, 1.165) is 24.9 Å². The fourth-order valence-electron chi connectivity index (χ4n) is 2.80. The van der Waals surface area contributed by atoms with E-state index in [0.29, 0.717) is 16.3 Å². The third-order valence-corrected chi connectivity index (χ3v) is 4.14. The van der Waals surface area contributed by atoms with E-state index in [1.54, 1.807) is 30.6 Å². The van der Waals surface area contributed by atoms with Crippen molar-refractivity contribution in [3.8, 4) is 0 Å². The summed E-state index contributed by atoms with van der Waals surface area (Å²) in [7, 11) is 0. The summed E-state index contributed by atoms with van der Waals surface area (Å²) in [6.07, 6.45) is 5.46. The number of nitrogens with zero attached hydrogens (tertiary/aromatic N) is 2. The van der Waals surface area contributed by atoms with E-state index in [-0.39, 0.29) is 11.9 Å². The number of pyridine rings is 1. The quantitative estimate of drug-likeness (QED) is 0.866. The van der Waals surface area contributed by atoms with Crippen LogP contribution in [-0.2, 0) is 0 Å². The maximum atomic E-state index is 12.7. The lowest BCUT2D eigenvalue weighted by atomic mass is 10.1. The molecule has 1 aliphatic rings. The summed E-state index contributed by atoms with van der Waals surface area (Å²) < 4.78 is 0. The Bertz CT molecular complexity index is 660. The van der Waals surface area contributed by atoms with E-state index in [1.807, 2.05) is 17.0 Å². The maximum absolute atomic E-state index is 12.7. The van der Waals surface area contributed by atoms with Crippen molar-refractivity contribution < 1.29 is 4.79 Å². The molecule has 0 radical (unpaired) electrons. The van der Waals surface area contributed by atoms with E-state index in [2.05, 4.69) is 4.98 Å². The SMILES string of the molecule is Nc1ccc(C(=O)N2CCCC2c2ccncc2)c(Cl)c1. The van der Waals surface area contributed by atoms with Crippen molar-refractivity contribution in [1.29, 1.82) is 0 Å². The minimum Gasteiger partial charge on any atom is -0.399 e. The van der Waals surface area contributed by atoms with Crippen molar-refractivity contribution in [2.24, 2.45) is 0 Å². The molecule has 1 fully saturated rings. The zero-order valence-electron chi connectivity index (χ0n) is 11.5. The van der Waals surface area contributed by atoms with Gasteiger partial charge < -0.3 is 10.6 Å². The van der Waals surface area contributed by atoms with Crippen LogP contribution in [0.15, 0.2) is 42.7 Å². The van der Waals surface area contributed by atoms with Gasteiger partial charge in [0.2, 0.25) is 0 Å². The normalized spacial score (nSPS) is 18.0. The van der Waals surface area contributed by atoms with Crippen molar-refractivity contribution >= 4 is 23.2 Å². The molecule has 0 spiro atoms. The van der Waals surface area contributed by atoms with E-state index in [4.69, 9.17) is 17.3 Å². The Morgan fingerprint density at radius 2 is 2.05 bits per heavy atom. The molecule has 1 aromatic carbocycles. The second-order valence-electron chi connectivity index (χ2n) is 5.18. The molecule has 2 N–H and O–H groups in total. The van der Waals surface area contributed by atoms with Crippen LogP contribution >= 0.6 is 11.6 Å². The van der Waals surface area contributed by atoms with Gasteiger partial charge in [0, 0.05) is 24.6 Å². The highest BCUT2D eigenvalue weighted by molar-refractivity contribution is 6.34. The number of nitrogens with two attached hydrogens (primary N) is 1. The number of amides is 1. The third-order valence-electron chi connectivity index (χ3n) is 3.83. The first kappa shape index (κ1) is 13.9. The molecular weight excluding hydrogens is 286 g/mol. The van der Waals surface area contributed by atoms with E-state index in [1.165, 1.54) is 0 Å². The predicted molar refractivity (Wildman–Crippen MR) is 83.1 cm³/mol. The van der Waals surface area contributed by atoms with Crippen molar-refractivity contribution in [1.82, 2.24) is 9.88 Å². The van der Waals surface area contributed by atoms with Gasteiger partial charge in [0.1, 0.15) is 0 Å². The molecule has 0 saturated carbocycles. The van der Waals surface area contributed by atoms with Gasteiger partial charge in [-0.3, -0.25) is 9.78 Å². The molecule has 108 valence electrons. The number of hydrogen-bond donors (Lipinski definition) is 1. The lowest BCUT2D eigenvalue weighted by Crippen LogP contribution is -2.30. The Morgan fingerprint density at radius 1 is 1.29 bits per heavy atom. The molecule has 2 aromatic rings. The number of carbonyl (C=O) groups is 1. The lowest BCUT2D eigenvalue weighted by molar-refractivity contribution is 0.0736. The highest BCUT2D eigenvalue weighted by Gasteiger charge is 2.31. The zero-order chi connectivity index (χ0) is 14.8. The monoisotopic (exact) mass is 301 g/mol. The van der Waals surface area contributed by atoms with Gasteiger partial charge in [-0.25, -0.2) is 0 Å². The molecule has 4 nitrogen and oxygen atoms in total. The molecule has 1 saturated heterocycles. The first-order valence-corrected chi connectivity index (χ1v) is 7.30. The van der Waals surface area contributed by atoms with Crippen molar-refractivity contribution in [3.63, 3.8) is 0 Å². The van der Waals surface area contributed by atoms with Gasteiger partial charge in [0.15, 0.2) is 0 Å². The van der Waals surface area contributed by atoms with E-state index in [9.17, 15) is 4.79 Å². The highest BCUT2D eigenvalue weighted by Crippen LogP contribution is 2.34. The van der Waals surface area contributed by atoms with Crippen LogP contribution in [0, 0.1) is 0 Å². The molecule has 0 bridgehead atoms. The molecule has 2 heterocycles. The fourth-order valence-corrected chi connectivity index (χ4v) is 3.07. The molecule has 1 aromatic heterocycles. The number of likely N-dealkylation sites (tertiary alicyclic amines) is 1. The largest absolute Gasteiger partial charge is 0.399 e. The summed E-state index contributed by atoms with van der Waals surface area (Å²) in [5.41, 5.74) is 7.86. The Morgan fingerprint density at radius 3 is 2.76 bits per heavy atom. The summed E-state index contributed by atoms with van der Waals surface area (Å²) in [4.78, 5) is 18.7. The van der Waals surface area contributed by atoms with Crippen LogP contribution in [-0.4, -0.2) is 22.3 Å². The van der Waals surface area contributed by atoms with E-state index >= 15 is 0 Å². The first-order chi connectivity index (χ1) is 10.2. The zero-order valence-corrected chi connectivity index (χ0v) is 12.3. The standard InChI is InChI=1S/C16H16ClN3O/c17-14-10-12(18)3-4-13(14)16(21)20-9-1-2-15(20)11-5-7-19-8-6-11/h3-8,10,15H,1-2,9,18H2. The van der Waals surface area contributed by atoms with Crippen molar-refractivity contribution in [3.05, 3.63) is 58.9 Å². The van der Waals surface area contributed by atoms with Gasteiger partial charge in [0.25, 0.3) is 5.91 Å². The molecule has 0 aliphatic carbocycles. The third kappa shape index (κ3) is 2.72. The second-order valence-corrected chi connectivity index (χ2v) is 5.58. The minimum absolute atomic E-state index is 0.0423. The molecule has 1 unspecified atom stereocenters. The molecule has 3 rings (SSSR count). The Hall–Kier alpha value is -2.07. The van der Waals surface area contributed by atoms with Gasteiger partial charge in [-0.05, 0) is 48.7 Å². The van der Waals surface area contributed by atoms with Gasteiger partial charge in [-0.15, -0.1) is 0 Å². The number of rotatable bonds is 2. The Kier molecular flexibility index (Phi) is 3.80. The van der Waals surface area contributed by atoms with Crippen molar-refractivity contribution in [2.45, 2.75) is 18.9 Å². The minimum atomic E-state index is -0.0423. The number of hydrogen-bond acceptors (Lipinski definition) is 3. The smallest absolute Gasteiger partial charge is 0.255 e. The lowest BCUT2D eigenvalue weighted by Gasteiger charge is -2.25. The van der Waals surface area contributed by atoms with Crippen molar-refractivity contribution in [2.75, 3.05) is 12.3 Å². The number of nitrogen functional groups attached to an aromatic ring is 1. The predicted octanol–water partition coefficient (Wildman–Crippen LogP) is 3.29. The van der Waals surface area contributed by atoms with Crippen LogP contribution in [0.1, 0.15) is 34.8 Å². The fraction of sp³-hybridized carbons (Fsp3) is 0.250. The second kappa shape index (κ2) is 5.74. The summed E-state index contributed by atoms with van der Waals surface area (Å²) in [5.74, 6) is -0.0423. The van der Waals surface area contributed by atoms with Gasteiger partial charge >= 0.3 is 0 Å². The first-order valence-electron chi connectivity index (χ1n) is 6.93. The number of anilines is 1. The van der Waals surface area contributed by atoms with Crippen LogP contribution in [0.4, 0.5) is 5.69 Å². The summed E-state index contributed by atoms with van der Waals surface area (Å²) >= 11 is 6.16. The Balaban J connectivity index is 1.90. The van der Waals surface area contributed by atoms with Crippen LogP contribution in [0.2, 0.25) is 5.02 Å². The summed E-state index contributed by atoms with van der Waals surface area (Å²) in [6.45, 7) is 0.743. The number of halogens is 1. The van der Waals surface area contributed by atoms with Gasteiger partial charge in [-0.1, -0.05) is 11.6 Å². The number of aromatic nitrogens is 1. The average molecular weight is 302 g/mol. The van der Waals surface area contributed by atoms with Crippen LogP contribution in [0.5, 0.6) is 0 Å². The average Bonchev–Trinajstić information content (AvgIpc) is 2.97. The topological polar surface area (TPSA) is 59.2 Å². The molecular formula is C16H16ClN3O. The highest BCUT2D eigenvalue weighted by atomic mass is 35.5. The Labute approximate surface area is 128 Å². The van der Waals surface area contributed by atoms with Gasteiger partial charge in [0.05, 0.1) is 16.6 Å². The summed E-state index contributed by atoms with van der Waals surface area (Å²) in [5, 5.41) is 0.403. The molecule has 1 amide bonds. The molecule has 21 heavy (non-hydrogen) atoms. The van der Waals surface area contributed by atoms with Crippen LogP contribution in [0.3, 0.4) is 0 Å². The molecule has 1 aliphatic heterocycles. The van der Waals surface area contributed by atoms with Crippen LogP contribution in [0.25, 0.3) is 0 Å². The van der Waals surface area contributed by atoms with E-state index < -0.39 is 0 Å². The number of benzene rings is 1.